The quantitative estimate of drug-likeness (QED) is 0.846. The van der Waals surface area contributed by atoms with E-state index in [0.29, 0.717) is 5.39 Å². The summed E-state index contributed by atoms with van der Waals surface area (Å²) in [5.74, 6) is 0.720. The number of fused-ring (bicyclic) bond motifs is 1. The van der Waals surface area contributed by atoms with Crippen LogP contribution in [0.15, 0.2) is 29.1 Å². The van der Waals surface area contributed by atoms with Crippen LogP contribution in [0.4, 0.5) is 0 Å². The number of aromatic amines is 1. The second-order valence-corrected chi connectivity index (χ2v) is 3.99. The minimum atomic E-state index is -0.0676. The third-order valence-corrected chi connectivity index (χ3v) is 2.82. The zero-order valence-electron chi connectivity index (χ0n) is 10.2. The van der Waals surface area contributed by atoms with E-state index in [0.717, 1.165) is 24.3 Å². The zero-order chi connectivity index (χ0) is 12.3. The Kier molecular flexibility index (Phi) is 3.54. The van der Waals surface area contributed by atoms with Gasteiger partial charge < -0.3 is 10.3 Å². The average molecular weight is 231 g/mol. The summed E-state index contributed by atoms with van der Waals surface area (Å²) in [7, 11) is 0. The normalized spacial score (nSPS) is 12.8. The van der Waals surface area contributed by atoms with E-state index in [2.05, 4.69) is 22.2 Å². The molecule has 0 bridgehead atoms. The highest BCUT2D eigenvalue weighted by Crippen LogP contribution is 2.13. The third kappa shape index (κ3) is 2.36. The van der Waals surface area contributed by atoms with Crippen molar-refractivity contribution in [3.8, 4) is 0 Å². The molecule has 0 aliphatic carbocycles. The first-order valence-electron chi connectivity index (χ1n) is 5.98. The minimum absolute atomic E-state index is 0.0676. The van der Waals surface area contributed by atoms with Gasteiger partial charge in [-0.05, 0) is 25.1 Å². The zero-order valence-corrected chi connectivity index (χ0v) is 10.2. The van der Waals surface area contributed by atoms with Gasteiger partial charge in [0.1, 0.15) is 5.82 Å². The summed E-state index contributed by atoms with van der Waals surface area (Å²) >= 11 is 0. The standard InChI is InChI=1S/C13H17N3O/c1-3-10(14-4-2)12-15-11-8-6-5-7-9(11)13(17)16-12/h5-8,10,14H,3-4H2,1-2H3,(H,15,16,17)/t10-/m0/s1. The molecule has 2 N–H and O–H groups in total. The highest BCUT2D eigenvalue weighted by Gasteiger charge is 2.11. The maximum absolute atomic E-state index is 11.9. The topological polar surface area (TPSA) is 57.8 Å². The first kappa shape index (κ1) is 11.8. The molecule has 90 valence electrons. The SMILES string of the molecule is CCN[C@@H](CC)c1nc2ccccc2c(=O)[nH]1. The van der Waals surface area contributed by atoms with Crippen LogP contribution in [0, 0.1) is 0 Å². The molecule has 0 amide bonds. The molecule has 0 spiro atoms. The summed E-state index contributed by atoms with van der Waals surface area (Å²) in [6.07, 6.45) is 0.898. The fourth-order valence-electron chi connectivity index (χ4n) is 1.95. The number of hydrogen-bond donors (Lipinski definition) is 2. The van der Waals surface area contributed by atoms with Crippen LogP contribution in [0.5, 0.6) is 0 Å². The summed E-state index contributed by atoms with van der Waals surface area (Å²) in [5, 5.41) is 3.95. The van der Waals surface area contributed by atoms with Gasteiger partial charge in [-0.2, -0.15) is 0 Å². The van der Waals surface area contributed by atoms with Gasteiger partial charge in [0.15, 0.2) is 0 Å². The Morgan fingerprint density at radius 2 is 2.12 bits per heavy atom. The van der Waals surface area contributed by atoms with E-state index in [9.17, 15) is 4.79 Å². The molecule has 2 aromatic rings. The van der Waals surface area contributed by atoms with E-state index >= 15 is 0 Å². The fraction of sp³-hybridized carbons (Fsp3) is 0.385. The number of H-pyrrole nitrogens is 1. The number of nitrogens with one attached hydrogen (secondary N) is 2. The van der Waals surface area contributed by atoms with Gasteiger partial charge in [0, 0.05) is 0 Å². The van der Waals surface area contributed by atoms with E-state index in [1.807, 2.05) is 25.1 Å². The van der Waals surface area contributed by atoms with Crippen LogP contribution in [-0.2, 0) is 0 Å². The van der Waals surface area contributed by atoms with Gasteiger partial charge >= 0.3 is 0 Å². The van der Waals surface area contributed by atoms with E-state index in [-0.39, 0.29) is 11.6 Å². The molecule has 0 saturated heterocycles. The van der Waals surface area contributed by atoms with Crippen LogP contribution in [-0.4, -0.2) is 16.5 Å². The van der Waals surface area contributed by atoms with Crippen molar-refractivity contribution < 1.29 is 0 Å². The fourth-order valence-corrected chi connectivity index (χ4v) is 1.95. The van der Waals surface area contributed by atoms with Crippen LogP contribution in [0.1, 0.15) is 32.1 Å². The molecule has 0 aliphatic heterocycles. The van der Waals surface area contributed by atoms with Gasteiger partial charge in [-0.15, -0.1) is 0 Å². The van der Waals surface area contributed by atoms with Crippen molar-refractivity contribution in [3.63, 3.8) is 0 Å². The molecular formula is C13H17N3O. The maximum atomic E-state index is 11.9. The summed E-state index contributed by atoms with van der Waals surface area (Å²) in [5.41, 5.74) is 0.685. The lowest BCUT2D eigenvalue weighted by atomic mass is 10.2. The smallest absolute Gasteiger partial charge is 0.258 e. The van der Waals surface area contributed by atoms with E-state index < -0.39 is 0 Å². The third-order valence-electron chi connectivity index (χ3n) is 2.82. The van der Waals surface area contributed by atoms with Crippen LogP contribution >= 0.6 is 0 Å². The van der Waals surface area contributed by atoms with Gasteiger partial charge in [-0.1, -0.05) is 26.0 Å². The van der Waals surface area contributed by atoms with Gasteiger partial charge in [0.25, 0.3) is 5.56 Å². The molecule has 4 heteroatoms. The van der Waals surface area contributed by atoms with E-state index in [1.165, 1.54) is 0 Å². The van der Waals surface area contributed by atoms with E-state index in [1.54, 1.807) is 6.07 Å². The number of hydrogen-bond acceptors (Lipinski definition) is 3. The molecule has 17 heavy (non-hydrogen) atoms. The van der Waals surface area contributed by atoms with Crippen LogP contribution < -0.4 is 10.9 Å². The minimum Gasteiger partial charge on any atom is -0.309 e. The Morgan fingerprint density at radius 3 is 2.82 bits per heavy atom. The Balaban J connectivity index is 2.52. The molecule has 0 fully saturated rings. The number of para-hydroxylation sites is 1. The van der Waals surface area contributed by atoms with Gasteiger partial charge in [0.2, 0.25) is 0 Å². The molecule has 2 rings (SSSR count). The second-order valence-electron chi connectivity index (χ2n) is 3.99. The highest BCUT2D eigenvalue weighted by atomic mass is 16.1. The van der Waals surface area contributed by atoms with Crippen LogP contribution in [0.25, 0.3) is 10.9 Å². The first-order chi connectivity index (χ1) is 8.26. The molecule has 1 atom stereocenters. The van der Waals surface area contributed by atoms with Crippen molar-refractivity contribution in [1.82, 2.24) is 15.3 Å². The summed E-state index contributed by atoms with van der Waals surface area (Å²) < 4.78 is 0. The predicted molar refractivity (Wildman–Crippen MR) is 69.1 cm³/mol. The molecule has 1 heterocycles. The lowest BCUT2D eigenvalue weighted by Crippen LogP contribution is -2.25. The molecule has 0 unspecified atom stereocenters. The van der Waals surface area contributed by atoms with Crippen molar-refractivity contribution in [3.05, 3.63) is 40.4 Å². The second kappa shape index (κ2) is 5.10. The largest absolute Gasteiger partial charge is 0.309 e. The maximum Gasteiger partial charge on any atom is 0.258 e. The lowest BCUT2D eigenvalue weighted by Gasteiger charge is -2.14. The Hall–Kier alpha value is -1.68. The van der Waals surface area contributed by atoms with Crippen molar-refractivity contribution in [1.29, 1.82) is 0 Å². The van der Waals surface area contributed by atoms with Gasteiger partial charge in [-0.25, -0.2) is 4.98 Å². The van der Waals surface area contributed by atoms with Crippen molar-refractivity contribution in [2.24, 2.45) is 0 Å². The lowest BCUT2D eigenvalue weighted by molar-refractivity contribution is 0.511. The average Bonchev–Trinajstić information content (AvgIpc) is 2.36. The van der Waals surface area contributed by atoms with Crippen LogP contribution in [0.2, 0.25) is 0 Å². The highest BCUT2D eigenvalue weighted by molar-refractivity contribution is 5.77. The molecule has 0 radical (unpaired) electrons. The molecular weight excluding hydrogens is 214 g/mol. The van der Waals surface area contributed by atoms with Crippen molar-refractivity contribution in [2.75, 3.05) is 6.54 Å². The van der Waals surface area contributed by atoms with Gasteiger partial charge in [-0.3, -0.25) is 4.79 Å². The summed E-state index contributed by atoms with van der Waals surface area (Å²) in [6, 6.07) is 7.51. The molecule has 0 saturated carbocycles. The monoisotopic (exact) mass is 231 g/mol. The van der Waals surface area contributed by atoms with Crippen molar-refractivity contribution >= 4 is 10.9 Å². The predicted octanol–water partition coefficient (Wildman–Crippen LogP) is 1.98. The number of aromatic nitrogens is 2. The summed E-state index contributed by atoms with van der Waals surface area (Å²) in [4.78, 5) is 19.3. The van der Waals surface area contributed by atoms with Crippen LogP contribution in [0.3, 0.4) is 0 Å². The molecule has 1 aromatic carbocycles. The Morgan fingerprint density at radius 1 is 1.35 bits per heavy atom. The summed E-state index contributed by atoms with van der Waals surface area (Å²) in [6.45, 7) is 4.97. The Bertz CT molecular complexity index is 562. The first-order valence-corrected chi connectivity index (χ1v) is 5.98. The molecule has 4 nitrogen and oxygen atoms in total. The number of nitrogens with zero attached hydrogens (tertiary/aromatic N) is 1. The Labute approximate surface area is 100 Å². The molecule has 1 aromatic heterocycles. The number of rotatable bonds is 4. The number of benzene rings is 1. The van der Waals surface area contributed by atoms with E-state index in [4.69, 9.17) is 0 Å². The van der Waals surface area contributed by atoms with Crippen molar-refractivity contribution in [2.45, 2.75) is 26.3 Å². The molecule has 0 aliphatic rings. The van der Waals surface area contributed by atoms with Gasteiger partial charge in [0.05, 0.1) is 16.9 Å².